The lowest BCUT2D eigenvalue weighted by molar-refractivity contribution is -0.143. The van der Waals surface area contributed by atoms with Crippen molar-refractivity contribution < 1.29 is 9.90 Å². The molecule has 17 heavy (non-hydrogen) atoms. The van der Waals surface area contributed by atoms with Crippen LogP contribution in [0.1, 0.15) is 47.9 Å². The first-order chi connectivity index (χ1) is 7.97. The molecule has 2 rings (SSSR count). The second kappa shape index (κ2) is 4.17. The summed E-state index contributed by atoms with van der Waals surface area (Å²) in [7, 11) is 0. The molecule has 0 aromatic heterocycles. The third-order valence-corrected chi connectivity index (χ3v) is 4.19. The largest absolute Gasteiger partial charge is 0.481 e. The number of hydrogen-bond donors (Lipinski definition) is 1. The molecule has 1 aromatic carbocycles. The zero-order chi connectivity index (χ0) is 12.6. The van der Waals surface area contributed by atoms with Crippen molar-refractivity contribution in [2.45, 2.75) is 51.9 Å². The summed E-state index contributed by atoms with van der Waals surface area (Å²) < 4.78 is 0. The van der Waals surface area contributed by atoms with Crippen LogP contribution in [0.3, 0.4) is 0 Å². The lowest BCUT2D eigenvalue weighted by Crippen LogP contribution is -2.33. The Kier molecular flexibility index (Phi) is 2.98. The Morgan fingerprint density at radius 1 is 1.18 bits per heavy atom. The second-order valence-corrected chi connectivity index (χ2v) is 5.35. The fourth-order valence-electron chi connectivity index (χ4n) is 3.11. The standard InChI is InChI=1S/C15H20O2/c1-10-8-11(2)12(3)13(9-10)15(14(16)17)6-4-5-7-15/h8-9H,4-7H2,1-3H3,(H,16,17). The molecule has 0 saturated heterocycles. The van der Waals surface area contributed by atoms with Gasteiger partial charge in [0.2, 0.25) is 0 Å². The molecule has 0 heterocycles. The van der Waals surface area contributed by atoms with Gasteiger partial charge in [-0.2, -0.15) is 0 Å². The van der Waals surface area contributed by atoms with Crippen LogP contribution in [0, 0.1) is 20.8 Å². The van der Waals surface area contributed by atoms with Gasteiger partial charge in [0.25, 0.3) is 0 Å². The summed E-state index contributed by atoms with van der Waals surface area (Å²) in [5.41, 5.74) is 3.93. The molecule has 0 bridgehead atoms. The molecule has 1 aliphatic carbocycles. The van der Waals surface area contributed by atoms with Crippen LogP contribution in [0.25, 0.3) is 0 Å². The van der Waals surface area contributed by atoms with Crippen LogP contribution in [0.5, 0.6) is 0 Å². The van der Waals surface area contributed by atoms with Crippen LogP contribution < -0.4 is 0 Å². The van der Waals surface area contributed by atoms with Crippen molar-refractivity contribution in [3.63, 3.8) is 0 Å². The van der Waals surface area contributed by atoms with Crippen molar-refractivity contribution in [3.05, 3.63) is 34.4 Å². The Bertz CT molecular complexity index is 454. The van der Waals surface area contributed by atoms with Crippen LogP contribution in [-0.2, 0) is 10.2 Å². The average molecular weight is 232 g/mol. The van der Waals surface area contributed by atoms with E-state index in [1.807, 2.05) is 13.8 Å². The molecule has 1 aliphatic rings. The van der Waals surface area contributed by atoms with Gasteiger partial charge in [-0.05, 0) is 50.3 Å². The fourth-order valence-corrected chi connectivity index (χ4v) is 3.11. The zero-order valence-electron chi connectivity index (χ0n) is 10.8. The Morgan fingerprint density at radius 3 is 2.29 bits per heavy atom. The van der Waals surface area contributed by atoms with E-state index in [1.165, 1.54) is 5.56 Å². The highest BCUT2D eigenvalue weighted by molar-refractivity contribution is 5.82. The number of rotatable bonds is 2. The van der Waals surface area contributed by atoms with Crippen molar-refractivity contribution in [1.82, 2.24) is 0 Å². The number of carboxylic acids is 1. The molecule has 2 heteroatoms. The molecule has 0 atom stereocenters. The predicted octanol–water partition coefficient (Wildman–Crippen LogP) is 3.51. The van der Waals surface area contributed by atoms with Gasteiger partial charge in [-0.1, -0.05) is 30.5 Å². The number of aryl methyl sites for hydroxylation is 2. The van der Waals surface area contributed by atoms with Crippen molar-refractivity contribution in [1.29, 1.82) is 0 Å². The van der Waals surface area contributed by atoms with Crippen molar-refractivity contribution >= 4 is 5.97 Å². The van der Waals surface area contributed by atoms with Crippen molar-refractivity contribution in [2.75, 3.05) is 0 Å². The van der Waals surface area contributed by atoms with Gasteiger partial charge in [-0.15, -0.1) is 0 Å². The van der Waals surface area contributed by atoms with Gasteiger partial charge in [-0.25, -0.2) is 0 Å². The maximum atomic E-state index is 11.7. The second-order valence-electron chi connectivity index (χ2n) is 5.35. The Morgan fingerprint density at radius 2 is 1.76 bits per heavy atom. The van der Waals surface area contributed by atoms with Crippen LogP contribution in [-0.4, -0.2) is 11.1 Å². The van der Waals surface area contributed by atoms with Crippen LogP contribution in [0.4, 0.5) is 0 Å². The maximum Gasteiger partial charge on any atom is 0.314 e. The van der Waals surface area contributed by atoms with E-state index >= 15 is 0 Å². The van der Waals surface area contributed by atoms with Gasteiger partial charge in [-0.3, -0.25) is 4.79 Å². The Labute approximate surface area is 103 Å². The van der Waals surface area contributed by atoms with Crippen LogP contribution >= 0.6 is 0 Å². The van der Waals surface area contributed by atoms with E-state index in [0.29, 0.717) is 0 Å². The first-order valence-electron chi connectivity index (χ1n) is 6.29. The maximum absolute atomic E-state index is 11.7. The summed E-state index contributed by atoms with van der Waals surface area (Å²) in [5, 5.41) is 9.62. The number of benzene rings is 1. The minimum Gasteiger partial charge on any atom is -0.481 e. The number of aliphatic carboxylic acids is 1. The molecule has 1 aromatic rings. The fraction of sp³-hybridized carbons (Fsp3) is 0.533. The highest BCUT2D eigenvalue weighted by Gasteiger charge is 2.43. The third-order valence-electron chi connectivity index (χ3n) is 4.19. The first-order valence-corrected chi connectivity index (χ1v) is 6.29. The summed E-state index contributed by atoms with van der Waals surface area (Å²) in [6.45, 7) is 6.16. The van der Waals surface area contributed by atoms with E-state index in [-0.39, 0.29) is 0 Å². The van der Waals surface area contributed by atoms with Crippen molar-refractivity contribution in [3.8, 4) is 0 Å². The molecule has 0 unspecified atom stereocenters. The number of carbonyl (C=O) groups is 1. The van der Waals surface area contributed by atoms with Gasteiger partial charge >= 0.3 is 5.97 Å². The molecule has 0 aliphatic heterocycles. The molecular weight excluding hydrogens is 212 g/mol. The lowest BCUT2D eigenvalue weighted by Gasteiger charge is -2.27. The van der Waals surface area contributed by atoms with Gasteiger partial charge in [0.05, 0.1) is 5.41 Å². The molecule has 2 nitrogen and oxygen atoms in total. The number of carboxylic acid groups (broad SMARTS) is 1. The number of hydrogen-bond acceptors (Lipinski definition) is 1. The quantitative estimate of drug-likeness (QED) is 0.847. The molecular formula is C15H20O2. The van der Waals surface area contributed by atoms with Gasteiger partial charge in [0.15, 0.2) is 0 Å². The van der Waals surface area contributed by atoms with E-state index < -0.39 is 11.4 Å². The molecule has 0 amide bonds. The first kappa shape index (κ1) is 12.2. The summed E-state index contributed by atoms with van der Waals surface area (Å²) in [6, 6.07) is 4.20. The van der Waals surface area contributed by atoms with Gasteiger partial charge in [0.1, 0.15) is 0 Å². The van der Waals surface area contributed by atoms with E-state index in [1.54, 1.807) is 0 Å². The Balaban J connectivity index is 2.62. The molecule has 1 N–H and O–H groups in total. The SMILES string of the molecule is Cc1cc(C)c(C)c(C2(C(=O)O)CCCC2)c1. The summed E-state index contributed by atoms with van der Waals surface area (Å²) in [6.07, 6.45) is 3.62. The summed E-state index contributed by atoms with van der Waals surface area (Å²) in [5.74, 6) is -0.650. The topological polar surface area (TPSA) is 37.3 Å². The zero-order valence-corrected chi connectivity index (χ0v) is 10.8. The van der Waals surface area contributed by atoms with E-state index in [2.05, 4.69) is 19.1 Å². The van der Waals surface area contributed by atoms with E-state index in [9.17, 15) is 9.90 Å². The van der Waals surface area contributed by atoms with Gasteiger partial charge < -0.3 is 5.11 Å². The molecule has 0 radical (unpaired) electrons. The smallest absolute Gasteiger partial charge is 0.314 e. The minimum absolute atomic E-state index is 0.624. The lowest BCUT2D eigenvalue weighted by atomic mass is 9.75. The monoisotopic (exact) mass is 232 g/mol. The van der Waals surface area contributed by atoms with Crippen LogP contribution in [0.15, 0.2) is 12.1 Å². The molecule has 92 valence electrons. The highest BCUT2D eigenvalue weighted by Crippen LogP contribution is 2.43. The average Bonchev–Trinajstić information content (AvgIpc) is 2.73. The van der Waals surface area contributed by atoms with E-state index in [4.69, 9.17) is 0 Å². The minimum atomic E-state index is -0.650. The summed E-state index contributed by atoms with van der Waals surface area (Å²) in [4.78, 5) is 11.7. The van der Waals surface area contributed by atoms with Crippen molar-refractivity contribution in [2.24, 2.45) is 0 Å². The summed E-state index contributed by atoms with van der Waals surface area (Å²) >= 11 is 0. The molecule has 0 spiro atoms. The highest BCUT2D eigenvalue weighted by atomic mass is 16.4. The molecule has 1 fully saturated rings. The normalized spacial score (nSPS) is 18.3. The van der Waals surface area contributed by atoms with Crippen LogP contribution in [0.2, 0.25) is 0 Å². The predicted molar refractivity (Wildman–Crippen MR) is 68.4 cm³/mol. The van der Waals surface area contributed by atoms with E-state index in [0.717, 1.165) is 42.4 Å². The Hall–Kier alpha value is -1.31. The van der Waals surface area contributed by atoms with Gasteiger partial charge in [0, 0.05) is 0 Å². The third kappa shape index (κ3) is 1.86. The molecule has 1 saturated carbocycles.